The summed E-state index contributed by atoms with van der Waals surface area (Å²) in [7, 11) is 1.68. The van der Waals surface area contributed by atoms with Crippen molar-refractivity contribution in [2.24, 2.45) is 20.0 Å². The Kier molecular flexibility index (Phi) is 4.88. The number of hydrogen-bond donors (Lipinski definition) is 0. The van der Waals surface area contributed by atoms with Gasteiger partial charge in [-0.25, -0.2) is 20.0 Å². The molecule has 1 aromatic carbocycles. The fourth-order valence-corrected chi connectivity index (χ4v) is 4.39. The molecule has 0 fully saturated rings. The van der Waals surface area contributed by atoms with Gasteiger partial charge < -0.3 is 4.74 Å². The number of methoxy groups -OCH3 is 1. The van der Waals surface area contributed by atoms with Gasteiger partial charge in [0.1, 0.15) is 5.75 Å². The van der Waals surface area contributed by atoms with E-state index in [2.05, 4.69) is 31.2 Å². The average Bonchev–Trinajstić information content (AvgIpc) is 3.65. The number of ether oxygens (including phenoxy) is 1. The maximum absolute atomic E-state index is 5.35. The van der Waals surface area contributed by atoms with Gasteiger partial charge in [-0.15, -0.1) is 0 Å². The fraction of sp³-hybridized carbons (Fsp3) is 0.103. The molecule has 5 aliphatic heterocycles. The van der Waals surface area contributed by atoms with E-state index in [1.807, 2.05) is 60.7 Å². The quantitative estimate of drug-likeness (QED) is 0.575. The second-order valence-corrected chi connectivity index (χ2v) is 8.28. The van der Waals surface area contributed by atoms with Crippen molar-refractivity contribution < 1.29 is 4.74 Å². The standard InChI is InChI=1S/C29H22N4O/c1-3-26-28-13-10-23(32-28)15-21-7-6-19(30-21)14-20-8-9-22(31-20)16-24-17-27(29(26)33-24)18-4-11-25(34-2)12-5-18/h4-17H,3H2,1-2H3. The molecule has 6 rings (SSSR count). The van der Waals surface area contributed by atoms with Crippen LogP contribution in [0.3, 0.4) is 0 Å². The zero-order chi connectivity index (χ0) is 23.1. The Morgan fingerprint density at radius 2 is 1.26 bits per heavy atom. The van der Waals surface area contributed by atoms with Crippen LogP contribution < -0.4 is 4.74 Å². The molecule has 0 saturated heterocycles. The van der Waals surface area contributed by atoms with Gasteiger partial charge in [-0.1, -0.05) is 19.1 Å². The molecule has 0 radical (unpaired) electrons. The van der Waals surface area contributed by atoms with Gasteiger partial charge in [-0.2, -0.15) is 0 Å². The molecule has 0 aromatic heterocycles. The van der Waals surface area contributed by atoms with Crippen molar-refractivity contribution in [3.63, 3.8) is 0 Å². The predicted octanol–water partition coefficient (Wildman–Crippen LogP) is 5.90. The number of hydrogen-bond acceptors (Lipinski definition) is 5. The minimum atomic E-state index is 0.808. The molecule has 0 saturated carbocycles. The molecule has 0 aliphatic carbocycles. The van der Waals surface area contributed by atoms with Crippen LogP contribution in [0.1, 0.15) is 18.9 Å². The summed E-state index contributed by atoms with van der Waals surface area (Å²) in [6.45, 7) is 2.15. The molecule has 0 amide bonds. The van der Waals surface area contributed by atoms with E-state index < -0.39 is 0 Å². The zero-order valence-electron chi connectivity index (χ0n) is 19.0. The Hall–Kier alpha value is -4.38. The highest BCUT2D eigenvalue weighted by Crippen LogP contribution is 2.34. The Labute approximate surface area is 198 Å². The highest BCUT2D eigenvalue weighted by Gasteiger charge is 2.23. The van der Waals surface area contributed by atoms with Gasteiger partial charge in [0, 0.05) is 11.1 Å². The van der Waals surface area contributed by atoms with E-state index in [1.165, 1.54) is 0 Å². The zero-order valence-corrected chi connectivity index (χ0v) is 19.0. The second-order valence-electron chi connectivity index (χ2n) is 8.28. The Morgan fingerprint density at radius 3 is 1.91 bits per heavy atom. The molecule has 34 heavy (non-hydrogen) atoms. The molecule has 0 N–H and O–H groups in total. The van der Waals surface area contributed by atoms with E-state index in [0.717, 1.165) is 74.5 Å². The molecule has 0 spiro atoms. The van der Waals surface area contributed by atoms with Crippen LogP contribution in [0.4, 0.5) is 0 Å². The summed E-state index contributed by atoms with van der Waals surface area (Å²) >= 11 is 0. The monoisotopic (exact) mass is 442 g/mol. The van der Waals surface area contributed by atoms with Crippen LogP contribution in [0.15, 0.2) is 133 Å². The van der Waals surface area contributed by atoms with Gasteiger partial charge >= 0.3 is 0 Å². The normalized spacial score (nSPS) is 19.9. The molecule has 164 valence electrons. The van der Waals surface area contributed by atoms with Crippen LogP contribution in [-0.2, 0) is 0 Å². The minimum absolute atomic E-state index is 0.808. The van der Waals surface area contributed by atoms with Crippen LogP contribution in [-0.4, -0.2) is 30.0 Å². The van der Waals surface area contributed by atoms with E-state index in [9.17, 15) is 0 Å². The first-order chi connectivity index (χ1) is 16.7. The fourth-order valence-electron chi connectivity index (χ4n) is 4.39. The molecule has 8 bridgehead atoms. The second kappa shape index (κ2) is 8.19. The van der Waals surface area contributed by atoms with Crippen molar-refractivity contribution in [3.8, 4) is 5.75 Å². The van der Waals surface area contributed by atoms with Crippen LogP contribution in [0, 0.1) is 0 Å². The lowest BCUT2D eigenvalue weighted by molar-refractivity contribution is 0.415. The molecule has 5 aliphatic rings. The summed E-state index contributed by atoms with van der Waals surface area (Å²) in [5.41, 5.74) is 10.4. The molecule has 5 nitrogen and oxygen atoms in total. The number of nitrogens with zero attached hydrogens (tertiary/aromatic N) is 4. The molecule has 0 unspecified atom stereocenters. The van der Waals surface area contributed by atoms with Crippen molar-refractivity contribution in [1.82, 2.24) is 0 Å². The van der Waals surface area contributed by atoms with E-state index in [0.29, 0.717) is 0 Å². The molecule has 1 aromatic rings. The number of aliphatic imine (C=N–C) groups is 4. The molecular formula is C29H22N4O. The number of benzene rings is 1. The molecule has 5 heteroatoms. The van der Waals surface area contributed by atoms with Gasteiger partial charge in [-0.3, -0.25) is 0 Å². The van der Waals surface area contributed by atoms with Crippen molar-refractivity contribution in [2.75, 3.05) is 7.11 Å². The third kappa shape index (κ3) is 3.71. The van der Waals surface area contributed by atoms with E-state index in [4.69, 9.17) is 24.7 Å². The van der Waals surface area contributed by atoms with Gasteiger partial charge in [-0.05, 0) is 84.9 Å². The third-order valence-electron chi connectivity index (χ3n) is 6.05. The lowest BCUT2D eigenvalue weighted by Gasteiger charge is -2.12. The summed E-state index contributed by atoms with van der Waals surface area (Å²) in [5.74, 6) is 0.827. The number of allylic oxidation sites excluding steroid dienone is 12. The highest BCUT2D eigenvalue weighted by molar-refractivity contribution is 6.35. The predicted molar refractivity (Wildman–Crippen MR) is 140 cm³/mol. The highest BCUT2D eigenvalue weighted by atomic mass is 16.5. The Morgan fingerprint density at radius 1 is 0.647 bits per heavy atom. The van der Waals surface area contributed by atoms with Crippen LogP contribution in [0.2, 0.25) is 0 Å². The van der Waals surface area contributed by atoms with Gasteiger partial charge in [0.15, 0.2) is 0 Å². The van der Waals surface area contributed by atoms with Crippen molar-refractivity contribution in [2.45, 2.75) is 13.3 Å². The smallest absolute Gasteiger partial charge is 0.118 e. The maximum Gasteiger partial charge on any atom is 0.118 e. The van der Waals surface area contributed by atoms with Crippen molar-refractivity contribution >= 4 is 28.4 Å². The first-order valence-electron chi connectivity index (χ1n) is 11.3. The maximum atomic E-state index is 5.35. The molecule has 5 heterocycles. The SMILES string of the molecule is CCC1=C2C=CC(=N2)C=C2C=CC(=N2)C=C2C=CC(=N2)C=C2C=C(c3ccc(OC)cc3)C1=N2. The topological polar surface area (TPSA) is 58.7 Å². The lowest BCUT2D eigenvalue weighted by Crippen LogP contribution is -2.05. The minimum Gasteiger partial charge on any atom is -0.497 e. The summed E-state index contributed by atoms with van der Waals surface area (Å²) in [5, 5.41) is 0. The largest absolute Gasteiger partial charge is 0.497 e. The summed E-state index contributed by atoms with van der Waals surface area (Å²) in [6, 6.07) is 8.10. The third-order valence-corrected chi connectivity index (χ3v) is 6.05. The summed E-state index contributed by atoms with van der Waals surface area (Å²) in [6.07, 6.45) is 21.1. The summed E-state index contributed by atoms with van der Waals surface area (Å²) in [4.78, 5) is 19.4. The van der Waals surface area contributed by atoms with E-state index >= 15 is 0 Å². The van der Waals surface area contributed by atoms with Gasteiger partial charge in [0.25, 0.3) is 0 Å². The Balaban J connectivity index is 1.54. The average molecular weight is 443 g/mol. The molecular weight excluding hydrogens is 420 g/mol. The lowest BCUT2D eigenvalue weighted by atomic mass is 9.94. The summed E-state index contributed by atoms with van der Waals surface area (Å²) < 4.78 is 5.35. The number of fused-ring (bicyclic) bond motifs is 4. The van der Waals surface area contributed by atoms with Crippen molar-refractivity contribution in [1.29, 1.82) is 0 Å². The van der Waals surface area contributed by atoms with Crippen LogP contribution in [0.5, 0.6) is 5.75 Å². The molecule has 0 atom stereocenters. The Bertz CT molecular complexity index is 1480. The first kappa shape index (κ1) is 20.2. The van der Waals surface area contributed by atoms with Crippen molar-refractivity contribution in [3.05, 3.63) is 119 Å². The van der Waals surface area contributed by atoms with E-state index in [1.54, 1.807) is 7.11 Å². The number of rotatable bonds is 3. The van der Waals surface area contributed by atoms with Crippen LogP contribution >= 0.6 is 0 Å². The van der Waals surface area contributed by atoms with Gasteiger partial charge in [0.2, 0.25) is 0 Å². The first-order valence-corrected chi connectivity index (χ1v) is 11.3. The van der Waals surface area contributed by atoms with Gasteiger partial charge in [0.05, 0.1) is 52.7 Å². The van der Waals surface area contributed by atoms with E-state index in [-0.39, 0.29) is 0 Å². The van der Waals surface area contributed by atoms with Crippen LogP contribution in [0.25, 0.3) is 5.57 Å².